The Labute approximate surface area is 224 Å². The van der Waals surface area contributed by atoms with Crippen LogP contribution in [-0.2, 0) is 0 Å². The highest BCUT2D eigenvalue weighted by molar-refractivity contribution is 7.15. The number of thiophene rings is 1. The van der Waals surface area contributed by atoms with Crippen LogP contribution in [-0.4, -0.2) is 35.1 Å². The lowest BCUT2D eigenvalue weighted by Crippen LogP contribution is -2.10. The number of aromatic amines is 2. The summed E-state index contributed by atoms with van der Waals surface area (Å²) < 4.78 is 0. The maximum Gasteiger partial charge on any atom is 0.178 e. The van der Waals surface area contributed by atoms with Crippen molar-refractivity contribution in [3.8, 4) is 33.2 Å². The van der Waals surface area contributed by atoms with Crippen LogP contribution < -0.4 is 5.32 Å². The standard InChI is InChI=1S/C29H28N8S/c1-16(13-29(3,4)5)32-19-12-18(14-30-15-19)21-7-8-22-25(33-21)26(37-36-22)28-34-24-20(10-11-31-27(24)35-28)23-9-6-17(2)38-23/h6-12,14-15,32H,1,13H2,2-5H3,(H,36,37)(H,31,34,35). The van der Waals surface area contributed by atoms with E-state index >= 15 is 0 Å². The van der Waals surface area contributed by atoms with Gasteiger partial charge >= 0.3 is 0 Å². The number of pyridine rings is 3. The Hall–Kier alpha value is -4.37. The second-order valence-corrected chi connectivity index (χ2v) is 11.9. The molecule has 9 heteroatoms. The van der Waals surface area contributed by atoms with Crippen molar-refractivity contribution in [3.63, 3.8) is 0 Å². The Balaban J connectivity index is 1.36. The van der Waals surface area contributed by atoms with Crippen molar-refractivity contribution in [3.05, 3.63) is 72.1 Å². The fourth-order valence-corrected chi connectivity index (χ4v) is 5.47. The average Bonchev–Trinajstić information content (AvgIpc) is 3.60. The number of aromatic nitrogens is 7. The number of hydrogen-bond donors (Lipinski definition) is 3. The third kappa shape index (κ3) is 4.68. The summed E-state index contributed by atoms with van der Waals surface area (Å²) in [5.41, 5.74) is 8.48. The van der Waals surface area contributed by atoms with Gasteiger partial charge in [0, 0.05) is 39.0 Å². The average molecular weight is 521 g/mol. The summed E-state index contributed by atoms with van der Waals surface area (Å²) >= 11 is 1.75. The van der Waals surface area contributed by atoms with E-state index in [1.54, 1.807) is 23.7 Å². The van der Waals surface area contributed by atoms with Gasteiger partial charge in [0.05, 0.1) is 28.6 Å². The second kappa shape index (κ2) is 9.18. The molecule has 8 nitrogen and oxygen atoms in total. The number of aryl methyl sites for hydroxylation is 1. The molecule has 0 saturated carbocycles. The minimum atomic E-state index is 0.148. The van der Waals surface area contributed by atoms with Gasteiger partial charge in [0.25, 0.3) is 0 Å². The van der Waals surface area contributed by atoms with Crippen molar-refractivity contribution in [1.82, 2.24) is 35.1 Å². The quantitative estimate of drug-likeness (QED) is 0.212. The fraction of sp³-hybridized carbons (Fsp3) is 0.207. The molecule has 3 N–H and O–H groups in total. The van der Waals surface area contributed by atoms with Gasteiger partial charge in [-0.3, -0.25) is 10.1 Å². The van der Waals surface area contributed by atoms with Crippen LogP contribution in [0.15, 0.2) is 67.3 Å². The molecule has 0 bridgehead atoms. The number of imidazole rings is 1. The van der Waals surface area contributed by atoms with Crippen molar-refractivity contribution >= 4 is 39.2 Å². The molecule has 0 saturated heterocycles. The molecule has 6 rings (SSSR count). The number of fused-ring (bicyclic) bond motifs is 2. The van der Waals surface area contributed by atoms with Crippen LogP contribution in [0.5, 0.6) is 0 Å². The van der Waals surface area contributed by atoms with Crippen LogP contribution in [0.4, 0.5) is 5.69 Å². The highest BCUT2D eigenvalue weighted by Crippen LogP contribution is 2.34. The van der Waals surface area contributed by atoms with Gasteiger partial charge in [-0.2, -0.15) is 5.10 Å². The van der Waals surface area contributed by atoms with Crippen LogP contribution in [0.1, 0.15) is 32.1 Å². The number of anilines is 1. The summed E-state index contributed by atoms with van der Waals surface area (Å²) in [7, 11) is 0. The highest BCUT2D eigenvalue weighted by atomic mass is 32.1. The largest absolute Gasteiger partial charge is 0.358 e. The van der Waals surface area contributed by atoms with Crippen molar-refractivity contribution in [1.29, 1.82) is 0 Å². The number of allylic oxidation sites excluding steroid dienone is 1. The molecule has 6 heterocycles. The maximum atomic E-state index is 4.95. The smallest absolute Gasteiger partial charge is 0.178 e. The van der Waals surface area contributed by atoms with Crippen molar-refractivity contribution in [2.75, 3.05) is 5.32 Å². The van der Waals surface area contributed by atoms with E-state index < -0.39 is 0 Å². The molecule has 0 amide bonds. The molecule has 0 aliphatic carbocycles. The van der Waals surface area contributed by atoms with Crippen molar-refractivity contribution < 1.29 is 0 Å². The van der Waals surface area contributed by atoms with Crippen LogP contribution in [0, 0.1) is 12.3 Å². The van der Waals surface area contributed by atoms with E-state index in [1.165, 1.54) is 9.75 Å². The van der Waals surface area contributed by atoms with E-state index in [-0.39, 0.29) is 5.41 Å². The highest BCUT2D eigenvalue weighted by Gasteiger charge is 2.18. The molecule has 0 atom stereocenters. The molecule has 190 valence electrons. The fourth-order valence-electron chi connectivity index (χ4n) is 4.57. The molecule has 6 aromatic rings. The Bertz CT molecular complexity index is 1800. The van der Waals surface area contributed by atoms with Gasteiger partial charge in [0.15, 0.2) is 17.2 Å². The Morgan fingerprint density at radius 2 is 1.95 bits per heavy atom. The Morgan fingerprint density at radius 3 is 2.74 bits per heavy atom. The molecule has 0 aliphatic heterocycles. The molecule has 6 aromatic heterocycles. The lowest BCUT2D eigenvalue weighted by Gasteiger charge is -2.20. The SMILES string of the molecule is C=C(CC(C)(C)C)Nc1cncc(-c2ccc3[nH]nc(-c4nc5nccc(-c6ccc(C)s6)c5[nH]4)c3n2)c1. The summed E-state index contributed by atoms with van der Waals surface area (Å²) in [5, 5.41) is 11.0. The number of nitrogens with zero attached hydrogens (tertiary/aromatic N) is 5. The molecule has 0 unspecified atom stereocenters. The molecular weight excluding hydrogens is 492 g/mol. The van der Waals surface area contributed by atoms with Gasteiger partial charge in [-0.1, -0.05) is 27.4 Å². The second-order valence-electron chi connectivity index (χ2n) is 10.6. The summed E-state index contributed by atoms with van der Waals surface area (Å²) in [6.07, 6.45) is 6.26. The minimum absolute atomic E-state index is 0.148. The zero-order valence-electron chi connectivity index (χ0n) is 21.8. The van der Waals surface area contributed by atoms with Gasteiger partial charge in [-0.25, -0.2) is 15.0 Å². The first-order valence-corrected chi connectivity index (χ1v) is 13.2. The third-order valence-corrected chi connectivity index (χ3v) is 7.16. The Morgan fingerprint density at radius 1 is 1.08 bits per heavy atom. The summed E-state index contributed by atoms with van der Waals surface area (Å²) in [6.45, 7) is 12.9. The monoisotopic (exact) mass is 520 g/mol. The molecule has 0 aliphatic rings. The van der Waals surface area contributed by atoms with Crippen LogP contribution in [0.3, 0.4) is 0 Å². The molecule has 0 spiro atoms. The molecular formula is C29H28N8S. The van der Waals surface area contributed by atoms with E-state index in [0.29, 0.717) is 17.2 Å². The predicted octanol–water partition coefficient (Wildman–Crippen LogP) is 7.36. The van der Waals surface area contributed by atoms with Gasteiger partial charge < -0.3 is 10.3 Å². The maximum absolute atomic E-state index is 4.95. The summed E-state index contributed by atoms with van der Waals surface area (Å²) in [5.74, 6) is 0.621. The molecule has 0 fully saturated rings. The summed E-state index contributed by atoms with van der Waals surface area (Å²) in [6, 6.07) is 12.2. The van der Waals surface area contributed by atoms with E-state index in [0.717, 1.165) is 51.2 Å². The van der Waals surface area contributed by atoms with E-state index in [9.17, 15) is 0 Å². The van der Waals surface area contributed by atoms with Crippen molar-refractivity contribution in [2.24, 2.45) is 5.41 Å². The topological polar surface area (TPSA) is 108 Å². The first-order chi connectivity index (χ1) is 18.2. The number of nitrogens with one attached hydrogen (secondary N) is 3. The lowest BCUT2D eigenvalue weighted by molar-refractivity contribution is 0.411. The van der Waals surface area contributed by atoms with Gasteiger partial charge in [-0.05, 0) is 55.2 Å². The van der Waals surface area contributed by atoms with Crippen LogP contribution >= 0.6 is 11.3 Å². The van der Waals surface area contributed by atoms with E-state index in [4.69, 9.17) is 9.97 Å². The Kier molecular flexibility index (Phi) is 5.80. The van der Waals surface area contributed by atoms with Crippen LogP contribution in [0.25, 0.3) is 55.4 Å². The lowest BCUT2D eigenvalue weighted by atomic mass is 9.91. The minimum Gasteiger partial charge on any atom is -0.358 e. The van der Waals surface area contributed by atoms with Gasteiger partial charge in [0.2, 0.25) is 0 Å². The first kappa shape index (κ1) is 24.0. The van der Waals surface area contributed by atoms with Crippen molar-refractivity contribution in [2.45, 2.75) is 34.1 Å². The molecule has 0 aromatic carbocycles. The van der Waals surface area contributed by atoms with Gasteiger partial charge in [-0.15, -0.1) is 11.3 Å². The summed E-state index contributed by atoms with van der Waals surface area (Å²) in [4.78, 5) is 24.5. The third-order valence-electron chi connectivity index (χ3n) is 6.13. The predicted molar refractivity (Wildman–Crippen MR) is 155 cm³/mol. The number of H-pyrrole nitrogens is 2. The number of rotatable bonds is 6. The van der Waals surface area contributed by atoms with E-state index in [1.807, 2.05) is 30.5 Å². The zero-order chi connectivity index (χ0) is 26.4. The van der Waals surface area contributed by atoms with Gasteiger partial charge in [0.1, 0.15) is 5.52 Å². The first-order valence-electron chi connectivity index (χ1n) is 12.4. The van der Waals surface area contributed by atoms with E-state index in [2.05, 4.69) is 76.9 Å². The normalized spacial score (nSPS) is 11.9. The van der Waals surface area contributed by atoms with Crippen LogP contribution in [0.2, 0.25) is 0 Å². The number of hydrogen-bond acceptors (Lipinski definition) is 7. The molecule has 0 radical (unpaired) electrons. The molecule has 38 heavy (non-hydrogen) atoms. The zero-order valence-corrected chi connectivity index (χ0v) is 22.6.